The van der Waals surface area contributed by atoms with E-state index in [1.165, 1.54) is 12.1 Å². The Morgan fingerprint density at radius 2 is 1.84 bits per heavy atom. The summed E-state index contributed by atoms with van der Waals surface area (Å²) in [5, 5.41) is 10.0. The maximum Gasteiger partial charge on any atom is 0.131 e. The van der Waals surface area contributed by atoms with Crippen LogP contribution in [0.2, 0.25) is 0 Å². The van der Waals surface area contributed by atoms with Crippen molar-refractivity contribution in [2.75, 3.05) is 0 Å². The Balaban J connectivity index is 2.58. The fourth-order valence-electron chi connectivity index (χ4n) is 1.78. The van der Waals surface area contributed by atoms with E-state index in [0.29, 0.717) is 4.47 Å². The van der Waals surface area contributed by atoms with Crippen LogP contribution in [-0.4, -0.2) is 5.11 Å². The average molecular weight is 323 g/mol. The van der Waals surface area contributed by atoms with Crippen LogP contribution in [0.4, 0.5) is 4.39 Å². The molecule has 3 rings (SSSR count). The van der Waals surface area contributed by atoms with E-state index in [1.807, 2.05) is 0 Å². The highest BCUT2D eigenvalue weighted by Crippen LogP contribution is 2.37. The van der Waals surface area contributed by atoms with Gasteiger partial charge in [-0.05, 0) is 29.6 Å². The molecule has 0 aromatic heterocycles. The van der Waals surface area contributed by atoms with E-state index in [1.54, 1.807) is 0 Å². The standard InChI is InChI=1S/C16H10BrFO/c17-11-6-8-15(18)14(9-11)13-7-5-10-3-1-2-4-12(10)16(13)19/h1-9,19H/i1D,2D,3D,4D,5D,7D. The first-order valence-electron chi connectivity index (χ1n) is 8.34. The first kappa shape index (κ1) is 7.06. The van der Waals surface area contributed by atoms with Gasteiger partial charge in [-0.15, -0.1) is 0 Å². The molecule has 1 nitrogen and oxygen atoms in total. The van der Waals surface area contributed by atoms with Crippen LogP contribution in [0.5, 0.6) is 5.75 Å². The van der Waals surface area contributed by atoms with Crippen LogP contribution in [-0.2, 0) is 0 Å². The molecule has 1 N–H and O–H groups in total. The highest BCUT2D eigenvalue weighted by molar-refractivity contribution is 9.10. The molecule has 0 saturated carbocycles. The minimum atomic E-state index is -0.730. The van der Waals surface area contributed by atoms with Gasteiger partial charge in [-0.1, -0.05) is 46.1 Å². The van der Waals surface area contributed by atoms with E-state index in [9.17, 15) is 9.50 Å². The number of hydrogen-bond donors (Lipinski definition) is 1. The molecule has 0 atom stereocenters. The van der Waals surface area contributed by atoms with Crippen LogP contribution in [0, 0.1) is 5.82 Å². The summed E-state index contributed by atoms with van der Waals surface area (Å²) in [6.07, 6.45) is 0. The second-order valence-electron chi connectivity index (χ2n) is 3.85. The van der Waals surface area contributed by atoms with E-state index in [-0.39, 0.29) is 21.9 Å². The Morgan fingerprint density at radius 1 is 1.05 bits per heavy atom. The molecule has 3 heteroatoms. The predicted molar refractivity (Wildman–Crippen MR) is 78.7 cm³/mol. The van der Waals surface area contributed by atoms with Crippen LogP contribution < -0.4 is 0 Å². The molecule has 0 fully saturated rings. The van der Waals surface area contributed by atoms with Crippen molar-refractivity contribution in [1.29, 1.82) is 0 Å². The Hall–Kier alpha value is -1.87. The number of rotatable bonds is 1. The summed E-state index contributed by atoms with van der Waals surface area (Å²) in [6.45, 7) is 0. The van der Waals surface area contributed by atoms with Crippen LogP contribution in [0.1, 0.15) is 8.22 Å². The summed E-state index contributed by atoms with van der Waals surface area (Å²) in [4.78, 5) is 0. The van der Waals surface area contributed by atoms with Crippen molar-refractivity contribution in [3.05, 3.63) is 64.7 Å². The first-order chi connectivity index (χ1) is 11.7. The van der Waals surface area contributed by atoms with Gasteiger partial charge in [0.2, 0.25) is 0 Å². The molecule has 3 aromatic carbocycles. The Morgan fingerprint density at radius 3 is 2.68 bits per heavy atom. The highest BCUT2D eigenvalue weighted by atomic mass is 79.9. The number of fused-ring (bicyclic) bond motifs is 1. The lowest BCUT2D eigenvalue weighted by Gasteiger charge is -2.09. The Bertz CT molecular complexity index is 1050. The van der Waals surface area contributed by atoms with Crippen LogP contribution in [0.3, 0.4) is 0 Å². The molecule has 94 valence electrons. The molecular formula is C16H10BrFO. The SMILES string of the molecule is [2H]c1c([2H])c([2H])c2c(O)c(-c3cc(Br)ccc3F)c([2H])c([2H])c2c1[2H]. The van der Waals surface area contributed by atoms with Gasteiger partial charge >= 0.3 is 0 Å². The molecule has 0 unspecified atom stereocenters. The Kier molecular flexibility index (Phi) is 1.73. The summed E-state index contributed by atoms with van der Waals surface area (Å²) in [7, 11) is 0. The molecule has 0 amide bonds. The molecule has 0 spiro atoms. The van der Waals surface area contributed by atoms with E-state index in [0.717, 1.165) is 6.07 Å². The largest absolute Gasteiger partial charge is 0.507 e. The molecule has 0 bridgehead atoms. The lowest BCUT2D eigenvalue weighted by molar-refractivity contribution is 0.483. The number of phenols is 1. The first-order valence-corrected chi connectivity index (χ1v) is 6.13. The van der Waals surface area contributed by atoms with Gasteiger partial charge in [0.1, 0.15) is 11.6 Å². The summed E-state index contributed by atoms with van der Waals surface area (Å²) < 4.78 is 62.3. The molecule has 0 saturated heterocycles. The zero-order chi connectivity index (χ0) is 18.6. The normalized spacial score (nSPS) is 15.3. The minimum Gasteiger partial charge on any atom is -0.507 e. The molecule has 0 aliphatic carbocycles. The van der Waals surface area contributed by atoms with Crippen molar-refractivity contribution in [1.82, 2.24) is 0 Å². The molecule has 0 heterocycles. The van der Waals surface area contributed by atoms with Gasteiger partial charge in [0, 0.05) is 21.0 Å². The summed E-state index contributed by atoms with van der Waals surface area (Å²) in [5.41, 5.74) is -0.430. The second-order valence-corrected chi connectivity index (χ2v) is 4.76. The molecule has 3 aromatic rings. The third-order valence-corrected chi connectivity index (χ3v) is 3.16. The third kappa shape index (κ3) is 2.10. The fraction of sp³-hybridized carbons (Fsp3) is 0. The van der Waals surface area contributed by atoms with Gasteiger partial charge in [-0.25, -0.2) is 4.39 Å². The van der Waals surface area contributed by atoms with Gasteiger partial charge in [0.15, 0.2) is 0 Å². The third-order valence-electron chi connectivity index (χ3n) is 2.67. The fourth-order valence-corrected chi connectivity index (χ4v) is 2.14. The maximum atomic E-state index is 14.2. The lowest BCUT2D eigenvalue weighted by Crippen LogP contribution is -1.86. The van der Waals surface area contributed by atoms with Gasteiger partial charge in [-0.3, -0.25) is 0 Å². The van der Waals surface area contributed by atoms with Gasteiger partial charge in [0.25, 0.3) is 0 Å². The quantitative estimate of drug-likeness (QED) is 0.659. The number of aromatic hydroxyl groups is 1. The average Bonchev–Trinajstić information content (AvgIpc) is 2.57. The topological polar surface area (TPSA) is 20.2 Å². The lowest BCUT2D eigenvalue weighted by atomic mass is 9.99. The van der Waals surface area contributed by atoms with Crippen molar-refractivity contribution in [3.8, 4) is 16.9 Å². The highest BCUT2D eigenvalue weighted by Gasteiger charge is 2.12. The molecule has 19 heavy (non-hydrogen) atoms. The van der Waals surface area contributed by atoms with Crippen molar-refractivity contribution in [2.45, 2.75) is 0 Å². The van der Waals surface area contributed by atoms with Gasteiger partial charge in [-0.2, -0.15) is 0 Å². The zero-order valence-corrected chi connectivity index (χ0v) is 11.0. The molecular weight excluding hydrogens is 307 g/mol. The molecule has 0 aliphatic heterocycles. The maximum absolute atomic E-state index is 14.2. The van der Waals surface area contributed by atoms with Gasteiger partial charge < -0.3 is 5.11 Å². The zero-order valence-electron chi connectivity index (χ0n) is 15.4. The number of benzene rings is 3. The van der Waals surface area contributed by atoms with Crippen molar-refractivity contribution < 1.29 is 17.7 Å². The molecule has 0 aliphatic rings. The van der Waals surface area contributed by atoms with E-state index >= 15 is 0 Å². The van der Waals surface area contributed by atoms with Crippen molar-refractivity contribution >= 4 is 26.7 Å². The van der Waals surface area contributed by atoms with Crippen LogP contribution in [0.15, 0.2) is 58.9 Å². The summed E-state index contributed by atoms with van der Waals surface area (Å²) in [6, 6.07) is 0.669. The van der Waals surface area contributed by atoms with Crippen LogP contribution in [0.25, 0.3) is 21.9 Å². The smallest absolute Gasteiger partial charge is 0.131 e. The minimum absolute atomic E-state index is 0.139. The predicted octanol–water partition coefficient (Wildman–Crippen LogP) is 5.11. The van der Waals surface area contributed by atoms with E-state index < -0.39 is 47.8 Å². The van der Waals surface area contributed by atoms with Crippen LogP contribution >= 0.6 is 15.9 Å². The summed E-state index contributed by atoms with van der Waals surface area (Å²) >= 11 is 3.18. The Labute approximate surface area is 126 Å². The van der Waals surface area contributed by atoms with E-state index in [4.69, 9.17) is 8.22 Å². The van der Waals surface area contributed by atoms with Crippen molar-refractivity contribution in [2.24, 2.45) is 0 Å². The number of phenolic OH excluding ortho intramolecular Hbond substituents is 1. The summed E-state index contributed by atoms with van der Waals surface area (Å²) in [5.74, 6) is -1.38. The molecule has 0 radical (unpaired) electrons. The van der Waals surface area contributed by atoms with Gasteiger partial charge in [0.05, 0.1) is 8.22 Å². The second kappa shape index (κ2) is 4.67. The number of hydrogen-bond acceptors (Lipinski definition) is 1. The number of halogens is 2. The monoisotopic (exact) mass is 322 g/mol. The van der Waals surface area contributed by atoms with Crippen molar-refractivity contribution in [3.63, 3.8) is 0 Å². The van der Waals surface area contributed by atoms with E-state index in [2.05, 4.69) is 15.9 Å².